The highest BCUT2D eigenvalue weighted by molar-refractivity contribution is 7.92. The molecule has 0 atom stereocenters. The van der Waals surface area contributed by atoms with Crippen LogP contribution in [0.2, 0.25) is 0 Å². The van der Waals surface area contributed by atoms with Gasteiger partial charge in [-0.3, -0.25) is 19.4 Å². The van der Waals surface area contributed by atoms with E-state index in [4.69, 9.17) is 0 Å². The molecule has 0 saturated carbocycles. The van der Waals surface area contributed by atoms with Gasteiger partial charge in [0.05, 0.1) is 4.90 Å². The summed E-state index contributed by atoms with van der Waals surface area (Å²) >= 11 is 0. The number of amides is 1. The van der Waals surface area contributed by atoms with Crippen molar-refractivity contribution in [3.05, 3.63) is 89.2 Å². The van der Waals surface area contributed by atoms with Gasteiger partial charge in [-0.1, -0.05) is 18.2 Å². The van der Waals surface area contributed by atoms with Gasteiger partial charge < -0.3 is 4.90 Å². The number of carbonyl (C=O) groups excluding carboxylic acids is 1. The molecule has 172 valence electrons. The average Bonchev–Trinajstić information content (AvgIpc) is 2.80. The number of carbonyl (C=O) groups is 1. The molecule has 1 fully saturated rings. The smallest absolute Gasteiger partial charge is 0.261 e. The average molecular weight is 465 g/mol. The van der Waals surface area contributed by atoms with Crippen LogP contribution in [0.15, 0.2) is 71.9 Å². The van der Waals surface area contributed by atoms with Gasteiger partial charge >= 0.3 is 0 Å². The lowest BCUT2D eigenvalue weighted by Crippen LogP contribution is -2.48. The molecule has 0 bridgehead atoms. The Kier molecular flexibility index (Phi) is 6.76. The number of nitrogens with one attached hydrogen (secondary N) is 1. The molecule has 2 heterocycles. The lowest BCUT2D eigenvalue weighted by Gasteiger charge is -2.35. The van der Waals surface area contributed by atoms with Gasteiger partial charge in [0.1, 0.15) is 0 Å². The molecule has 1 amide bonds. The van der Waals surface area contributed by atoms with Gasteiger partial charge in [-0.25, -0.2) is 8.42 Å². The second kappa shape index (κ2) is 9.72. The van der Waals surface area contributed by atoms with E-state index in [1.54, 1.807) is 41.6 Å². The minimum atomic E-state index is -3.81. The molecule has 1 aliphatic rings. The molecule has 1 aliphatic heterocycles. The summed E-state index contributed by atoms with van der Waals surface area (Å²) in [5.74, 6) is -0.135. The van der Waals surface area contributed by atoms with E-state index < -0.39 is 10.0 Å². The quantitative estimate of drug-likeness (QED) is 0.604. The lowest BCUT2D eigenvalue weighted by molar-refractivity contribution is 0.0627. The molecule has 0 radical (unpaired) electrons. The van der Waals surface area contributed by atoms with E-state index in [9.17, 15) is 13.2 Å². The maximum absolute atomic E-state index is 13.3. The summed E-state index contributed by atoms with van der Waals surface area (Å²) in [7, 11) is -3.81. The van der Waals surface area contributed by atoms with E-state index in [-0.39, 0.29) is 10.8 Å². The van der Waals surface area contributed by atoms with Gasteiger partial charge in [0.2, 0.25) is 0 Å². The van der Waals surface area contributed by atoms with E-state index >= 15 is 0 Å². The molecule has 1 N–H and O–H groups in total. The van der Waals surface area contributed by atoms with Crippen LogP contribution in [0, 0.1) is 13.8 Å². The Bertz CT molecular complexity index is 1240. The summed E-state index contributed by atoms with van der Waals surface area (Å²) in [4.78, 5) is 21.5. The number of anilines is 1. The summed E-state index contributed by atoms with van der Waals surface area (Å²) in [6.45, 7) is 7.28. The molecule has 0 spiro atoms. The number of aryl methyl sites for hydroxylation is 2. The van der Waals surface area contributed by atoms with Gasteiger partial charge in [-0.15, -0.1) is 0 Å². The number of sulfonamides is 1. The minimum Gasteiger partial charge on any atom is -0.336 e. The largest absolute Gasteiger partial charge is 0.336 e. The molecular formula is C25H28N4O3S. The first-order valence-corrected chi connectivity index (χ1v) is 12.4. The van der Waals surface area contributed by atoms with Crippen molar-refractivity contribution in [3.8, 4) is 0 Å². The molecule has 4 rings (SSSR count). The summed E-state index contributed by atoms with van der Waals surface area (Å²) in [5, 5.41) is 0. The van der Waals surface area contributed by atoms with Crippen molar-refractivity contribution in [2.75, 3.05) is 30.9 Å². The number of pyridine rings is 1. The fourth-order valence-electron chi connectivity index (χ4n) is 3.95. The summed E-state index contributed by atoms with van der Waals surface area (Å²) in [6.07, 6.45) is 3.57. The van der Waals surface area contributed by atoms with E-state index in [1.807, 2.05) is 32.0 Å². The number of aromatic nitrogens is 1. The Morgan fingerprint density at radius 2 is 1.70 bits per heavy atom. The van der Waals surface area contributed by atoms with E-state index in [0.717, 1.165) is 30.8 Å². The first-order valence-electron chi connectivity index (χ1n) is 10.9. The zero-order valence-corrected chi connectivity index (χ0v) is 19.7. The zero-order chi connectivity index (χ0) is 23.4. The van der Waals surface area contributed by atoms with Gasteiger partial charge in [0, 0.05) is 56.4 Å². The summed E-state index contributed by atoms with van der Waals surface area (Å²) < 4.78 is 28.5. The highest BCUT2D eigenvalue weighted by Gasteiger charge is 2.25. The van der Waals surface area contributed by atoms with Crippen molar-refractivity contribution in [3.63, 3.8) is 0 Å². The fourth-order valence-corrected chi connectivity index (χ4v) is 5.02. The van der Waals surface area contributed by atoms with Crippen LogP contribution in [-0.2, 0) is 16.6 Å². The Morgan fingerprint density at radius 3 is 2.39 bits per heavy atom. The second-order valence-electron chi connectivity index (χ2n) is 8.38. The molecule has 1 aromatic heterocycles. The fraction of sp³-hybridized carbons (Fsp3) is 0.280. The van der Waals surface area contributed by atoms with Crippen molar-refractivity contribution in [1.82, 2.24) is 14.8 Å². The van der Waals surface area contributed by atoms with Gasteiger partial charge in [-0.05, 0) is 66.9 Å². The minimum absolute atomic E-state index is 0.0780. The van der Waals surface area contributed by atoms with E-state index in [0.29, 0.717) is 24.3 Å². The third kappa shape index (κ3) is 5.58. The van der Waals surface area contributed by atoms with Crippen molar-refractivity contribution in [1.29, 1.82) is 0 Å². The van der Waals surface area contributed by atoms with Crippen molar-refractivity contribution in [2.45, 2.75) is 25.3 Å². The molecule has 1 saturated heterocycles. The predicted molar refractivity (Wildman–Crippen MR) is 129 cm³/mol. The summed E-state index contributed by atoms with van der Waals surface area (Å²) in [6, 6.07) is 15.9. The first-order chi connectivity index (χ1) is 15.8. The Hall–Kier alpha value is -3.23. The highest BCUT2D eigenvalue weighted by atomic mass is 32.2. The third-order valence-electron chi connectivity index (χ3n) is 5.84. The molecule has 0 aliphatic carbocycles. The van der Waals surface area contributed by atoms with Crippen LogP contribution in [0.3, 0.4) is 0 Å². The van der Waals surface area contributed by atoms with E-state index in [2.05, 4.69) is 14.6 Å². The number of hydrogen-bond donors (Lipinski definition) is 1. The monoisotopic (exact) mass is 464 g/mol. The highest BCUT2D eigenvalue weighted by Crippen LogP contribution is 2.22. The molecule has 3 aromatic rings. The zero-order valence-electron chi connectivity index (χ0n) is 18.9. The maximum Gasteiger partial charge on any atom is 0.261 e. The van der Waals surface area contributed by atoms with Crippen molar-refractivity contribution < 1.29 is 13.2 Å². The van der Waals surface area contributed by atoms with Gasteiger partial charge in [-0.2, -0.15) is 0 Å². The number of hydrogen-bond acceptors (Lipinski definition) is 5. The van der Waals surface area contributed by atoms with Crippen LogP contribution < -0.4 is 4.72 Å². The SMILES string of the molecule is Cc1cccc(NS(=O)(=O)c2ccc(C)c(C(=O)N3CCN(Cc4ccncc4)CC3)c2)c1. The maximum atomic E-state index is 13.3. The molecule has 7 nitrogen and oxygen atoms in total. The van der Waals surface area contributed by atoms with Gasteiger partial charge in [0.15, 0.2) is 0 Å². The van der Waals surface area contributed by atoms with Crippen LogP contribution in [0.4, 0.5) is 5.69 Å². The predicted octanol–water partition coefficient (Wildman–Crippen LogP) is 3.46. The van der Waals surface area contributed by atoms with Gasteiger partial charge in [0.25, 0.3) is 15.9 Å². The first kappa shape index (κ1) is 22.9. The Morgan fingerprint density at radius 1 is 0.970 bits per heavy atom. The molecule has 8 heteroatoms. The topological polar surface area (TPSA) is 82.6 Å². The number of rotatable bonds is 6. The van der Waals surface area contributed by atoms with Crippen LogP contribution >= 0.6 is 0 Å². The Labute approximate surface area is 195 Å². The van der Waals surface area contributed by atoms with E-state index in [1.165, 1.54) is 17.7 Å². The third-order valence-corrected chi connectivity index (χ3v) is 7.21. The summed E-state index contributed by atoms with van der Waals surface area (Å²) in [5.41, 5.74) is 3.82. The number of benzene rings is 2. The van der Waals surface area contributed by atoms with Crippen LogP contribution in [0.25, 0.3) is 0 Å². The van der Waals surface area contributed by atoms with Crippen LogP contribution in [0.5, 0.6) is 0 Å². The molecule has 33 heavy (non-hydrogen) atoms. The van der Waals surface area contributed by atoms with Crippen molar-refractivity contribution >= 4 is 21.6 Å². The molecular weight excluding hydrogens is 436 g/mol. The Balaban J connectivity index is 1.45. The molecule has 0 unspecified atom stereocenters. The second-order valence-corrected chi connectivity index (χ2v) is 10.1. The lowest BCUT2D eigenvalue weighted by atomic mass is 10.1. The normalized spacial score (nSPS) is 14.8. The molecule has 2 aromatic carbocycles. The van der Waals surface area contributed by atoms with Crippen LogP contribution in [0.1, 0.15) is 27.0 Å². The van der Waals surface area contributed by atoms with Crippen molar-refractivity contribution in [2.24, 2.45) is 0 Å². The van der Waals surface area contributed by atoms with Crippen LogP contribution in [-0.4, -0.2) is 55.3 Å². The number of nitrogens with zero attached hydrogens (tertiary/aromatic N) is 3. The number of piperazine rings is 1. The standard InChI is InChI=1S/C25H28N4O3S/c1-19-4-3-5-22(16-19)27-33(31,32)23-7-6-20(2)24(17-23)25(30)29-14-12-28(13-15-29)18-21-8-10-26-11-9-21/h3-11,16-17,27H,12-15,18H2,1-2H3.